The molecule has 0 bridgehead atoms. The smallest absolute Gasteiger partial charge is 0.196 e. The van der Waals surface area contributed by atoms with Gasteiger partial charge in [0, 0.05) is 29.3 Å². The van der Waals surface area contributed by atoms with Crippen LogP contribution in [-0.4, -0.2) is 4.57 Å². The predicted octanol–water partition coefficient (Wildman–Crippen LogP) is 2.99. The van der Waals surface area contributed by atoms with E-state index < -0.39 is 17.5 Å². The van der Waals surface area contributed by atoms with Crippen molar-refractivity contribution in [3.05, 3.63) is 63.3 Å². The summed E-state index contributed by atoms with van der Waals surface area (Å²) in [6.07, 6.45) is 1.38. The van der Waals surface area contributed by atoms with Crippen LogP contribution in [0.25, 0.3) is 5.69 Å². The molecule has 6 heteroatoms. The lowest BCUT2D eigenvalue weighted by Crippen LogP contribution is -2.14. The first-order valence-corrected chi connectivity index (χ1v) is 6.06. The minimum absolute atomic E-state index is 0.153. The second-order valence-corrected chi connectivity index (χ2v) is 4.34. The van der Waals surface area contributed by atoms with Gasteiger partial charge in [0.05, 0.1) is 5.69 Å². The van der Waals surface area contributed by atoms with Gasteiger partial charge in [0.15, 0.2) is 22.9 Å². The lowest BCUT2D eigenvalue weighted by molar-refractivity contribution is 0.444. The maximum Gasteiger partial charge on any atom is 0.196 e. The lowest BCUT2D eigenvalue weighted by atomic mass is 10.2. The zero-order valence-corrected chi connectivity index (χ0v) is 10.8. The van der Waals surface area contributed by atoms with Crippen LogP contribution < -0.4 is 5.43 Å². The van der Waals surface area contributed by atoms with Gasteiger partial charge in [0.2, 0.25) is 0 Å². The third kappa shape index (κ3) is 2.40. The van der Waals surface area contributed by atoms with Crippen molar-refractivity contribution in [3.63, 3.8) is 0 Å². The van der Waals surface area contributed by atoms with E-state index >= 15 is 0 Å². The number of aryl methyl sites for hydroxylation is 1. The first-order valence-electron chi connectivity index (χ1n) is 5.42. The molecule has 0 unspecified atom stereocenters. The minimum atomic E-state index is -1.54. The highest BCUT2D eigenvalue weighted by Gasteiger charge is 2.15. The van der Waals surface area contributed by atoms with Gasteiger partial charge in [-0.15, -0.1) is 0 Å². The van der Waals surface area contributed by atoms with Gasteiger partial charge in [-0.3, -0.25) is 4.79 Å². The molecule has 19 heavy (non-hydrogen) atoms. The molecule has 100 valence electrons. The molecule has 2 rings (SSSR count). The number of nitrogens with zero attached hydrogens (tertiary/aromatic N) is 1. The zero-order chi connectivity index (χ0) is 14.2. The van der Waals surface area contributed by atoms with Gasteiger partial charge >= 0.3 is 0 Å². The van der Waals surface area contributed by atoms with Gasteiger partial charge in [-0.1, -0.05) is 0 Å². The summed E-state index contributed by atoms with van der Waals surface area (Å²) in [5, 5.41) is 0. The summed E-state index contributed by atoms with van der Waals surface area (Å²) in [5.74, 6) is -3.92. The first-order chi connectivity index (χ1) is 8.95. The highest BCUT2D eigenvalue weighted by molar-refractivity contribution is 7.79. The first kappa shape index (κ1) is 13.7. The second kappa shape index (κ2) is 5.13. The number of aromatic nitrogens is 1. The van der Waals surface area contributed by atoms with Crippen LogP contribution in [0.3, 0.4) is 0 Å². The summed E-state index contributed by atoms with van der Waals surface area (Å²) in [6, 6.07) is 3.26. The van der Waals surface area contributed by atoms with Gasteiger partial charge in [-0.2, -0.15) is 12.6 Å². The Morgan fingerprint density at radius 1 is 1.21 bits per heavy atom. The van der Waals surface area contributed by atoms with Crippen LogP contribution in [0.5, 0.6) is 0 Å². The Kier molecular flexibility index (Phi) is 3.71. The van der Waals surface area contributed by atoms with Crippen LogP contribution in [0.15, 0.2) is 29.2 Å². The quantitative estimate of drug-likeness (QED) is 0.665. The Balaban J connectivity index is 2.72. The van der Waals surface area contributed by atoms with E-state index in [2.05, 4.69) is 12.6 Å². The largest absolute Gasteiger partial charge is 0.318 e. The van der Waals surface area contributed by atoms with Crippen molar-refractivity contribution < 1.29 is 13.2 Å². The standard InChI is InChI=1S/C13H10F3NOS/c1-7-4-11(18)8(6-19)5-17(7)10-3-2-9(14)12(15)13(10)16/h2-5,19H,6H2,1H3. The van der Waals surface area contributed by atoms with Gasteiger partial charge in [-0.25, -0.2) is 13.2 Å². The number of hydrogen-bond donors (Lipinski definition) is 1. The summed E-state index contributed by atoms with van der Waals surface area (Å²) >= 11 is 4.00. The fraction of sp³-hybridized carbons (Fsp3) is 0.154. The van der Waals surface area contributed by atoms with Crippen molar-refractivity contribution in [3.8, 4) is 5.69 Å². The maximum absolute atomic E-state index is 13.7. The predicted molar refractivity (Wildman–Crippen MR) is 69.3 cm³/mol. The summed E-state index contributed by atoms with van der Waals surface area (Å²) in [5.41, 5.74) is 0.379. The molecule has 1 aromatic heterocycles. The number of hydrogen-bond acceptors (Lipinski definition) is 2. The molecule has 1 heterocycles. The number of pyridine rings is 1. The minimum Gasteiger partial charge on any atom is -0.318 e. The van der Waals surface area contributed by atoms with E-state index in [1.54, 1.807) is 6.92 Å². The molecule has 0 spiro atoms. The molecule has 0 aliphatic carbocycles. The van der Waals surface area contributed by atoms with Gasteiger partial charge in [0.25, 0.3) is 0 Å². The Hall–Kier alpha value is -1.69. The van der Waals surface area contributed by atoms with Crippen LogP contribution in [0, 0.1) is 24.4 Å². The molecule has 0 aliphatic rings. The average molecular weight is 285 g/mol. The molecule has 0 aliphatic heterocycles. The molecule has 0 fully saturated rings. The van der Waals surface area contributed by atoms with Crippen LogP contribution in [-0.2, 0) is 5.75 Å². The molecule has 0 saturated heterocycles. The monoisotopic (exact) mass is 285 g/mol. The van der Waals surface area contributed by atoms with Crippen molar-refractivity contribution in [1.29, 1.82) is 0 Å². The van der Waals surface area contributed by atoms with E-state index in [1.165, 1.54) is 16.8 Å². The molecule has 2 nitrogen and oxygen atoms in total. The number of thiol groups is 1. The number of halogens is 3. The topological polar surface area (TPSA) is 22.0 Å². The fourth-order valence-electron chi connectivity index (χ4n) is 1.75. The Morgan fingerprint density at radius 3 is 2.53 bits per heavy atom. The second-order valence-electron chi connectivity index (χ2n) is 4.03. The molecule has 0 N–H and O–H groups in total. The average Bonchev–Trinajstić information content (AvgIpc) is 2.37. The summed E-state index contributed by atoms with van der Waals surface area (Å²) in [4.78, 5) is 11.6. The van der Waals surface area contributed by atoms with Crippen LogP contribution in [0.2, 0.25) is 0 Å². The molecular weight excluding hydrogens is 275 g/mol. The van der Waals surface area contributed by atoms with Crippen molar-refractivity contribution in [1.82, 2.24) is 4.57 Å². The van der Waals surface area contributed by atoms with Crippen molar-refractivity contribution in [2.45, 2.75) is 12.7 Å². The van der Waals surface area contributed by atoms with Crippen molar-refractivity contribution >= 4 is 12.6 Å². The molecule has 0 atom stereocenters. The lowest BCUT2D eigenvalue weighted by Gasteiger charge is -2.13. The van der Waals surface area contributed by atoms with E-state index in [0.29, 0.717) is 11.3 Å². The van der Waals surface area contributed by atoms with E-state index in [4.69, 9.17) is 0 Å². The van der Waals surface area contributed by atoms with E-state index in [0.717, 1.165) is 12.1 Å². The summed E-state index contributed by atoms with van der Waals surface area (Å²) in [7, 11) is 0. The number of benzene rings is 1. The van der Waals surface area contributed by atoms with E-state index in [-0.39, 0.29) is 16.9 Å². The van der Waals surface area contributed by atoms with Crippen molar-refractivity contribution in [2.75, 3.05) is 0 Å². The van der Waals surface area contributed by atoms with Crippen LogP contribution in [0.1, 0.15) is 11.3 Å². The summed E-state index contributed by atoms with van der Waals surface area (Å²) < 4.78 is 41.2. The highest BCUT2D eigenvalue weighted by atomic mass is 32.1. The third-order valence-corrected chi connectivity index (χ3v) is 3.11. The zero-order valence-electron chi connectivity index (χ0n) is 9.95. The Labute approximate surface area is 112 Å². The molecule has 0 radical (unpaired) electrons. The number of rotatable bonds is 2. The normalized spacial score (nSPS) is 10.8. The Morgan fingerprint density at radius 2 is 1.89 bits per heavy atom. The molecular formula is C13H10F3NOS. The molecule has 1 aromatic carbocycles. The van der Waals surface area contributed by atoms with Gasteiger partial charge < -0.3 is 4.57 Å². The highest BCUT2D eigenvalue weighted by Crippen LogP contribution is 2.20. The SMILES string of the molecule is Cc1cc(=O)c(CS)cn1-c1ccc(F)c(F)c1F. The Bertz CT molecular complexity index is 697. The van der Waals surface area contributed by atoms with E-state index in [9.17, 15) is 18.0 Å². The maximum atomic E-state index is 13.7. The fourth-order valence-corrected chi connectivity index (χ4v) is 1.99. The molecule has 2 aromatic rings. The van der Waals surface area contributed by atoms with Crippen LogP contribution >= 0.6 is 12.6 Å². The van der Waals surface area contributed by atoms with Crippen molar-refractivity contribution in [2.24, 2.45) is 0 Å². The van der Waals surface area contributed by atoms with Crippen LogP contribution in [0.4, 0.5) is 13.2 Å². The van der Waals surface area contributed by atoms with Gasteiger partial charge in [-0.05, 0) is 19.1 Å². The summed E-state index contributed by atoms with van der Waals surface area (Å²) in [6.45, 7) is 1.57. The molecule has 0 amide bonds. The molecule has 0 saturated carbocycles. The third-order valence-electron chi connectivity index (χ3n) is 2.77. The van der Waals surface area contributed by atoms with E-state index in [1.807, 2.05) is 0 Å². The van der Waals surface area contributed by atoms with Gasteiger partial charge in [0.1, 0.15) is 0 Å².